The van der Waals surface area contributed by atoms with Crippen LogP contribution in [0.3, 0.4) is 0 Å². The van der Waals surface area contributed by atoms with Crippen molar-refractivity contribution in [2.45, 2.75) is 40.2 Å². The van der Waals surface area contributed by atoms with Crippen molar-refractivity contribution in [3.8, 4) is 0 Å². The quantitative estimate of drug-likeness (QED) is 0.440. The summed E-state index contributed by atoms with van der Waals surface area (Å²) in [7, 11) is 0. The van der Waals surface area contributed by atoms with Gasteiger partial charge in [-0.3, -0.25) is 4.99 Å². The summed E-state index contributed by atoms with van der Waals surface area (Å²) in [6.45, 7) is 10.4. The number of aliphatic imine (C=N–C) groups is 1. The first-order chi connectivity index (χ1) is 8.63. The molecule has 1 aromatic heterocycles. The molecule has 19 heavy (non-hydrogen) atoms. The van der Waals surface area contributed by atoms with E-state index < -0.39 is 0 Å². The summed E-state index contributed by atoms with van der Waals surface area (Å²) >= 11 is 1.80. The molecule has 1 heterocycles. The number of halogens is 1. The van der Waals surface area contributed by atoms with E-state index in [-0.39, 0.29) is 24.0 Å². The number of thiophene rings is 1. The Labute approximate surface area is 138 Å². The van der Waals surface area contributed by atoms with Gasteiger partial charge in [0.1, 0.15) is 0 Å². The molecule has 0 fully saturated rings. The summed E-state index contributed by atoms with van der Waals surface area (Å²) < 4.78 is 0. The van der Waals surface area contributed by atoms with Crippen LogP contribution in [0.5, 0.6) is 0 Å². The smallest absolute Gasteiger partial charge is 0.191 e. The van der Waals surface area contributed by atoms with E-state index in [9.17, 15) is 0 Å². The van der Waals surface area contributed by atoms with Gasteiger partial charge in [-0.1, -0.05) is 19.9 Å². The highest BCUT2D eigenvalue weighted by Gasteiger charge is 2.08. The minimum Gasteiger partial charge on any atom is -0.357 e. The van der Waals surface area contributed by atoms with E-state index >= 15 is 0 Å². The number of hydrogen-bond acceptors (Lipinski definition) is 2. The highest BCUT2D eigenvalue weighted by Crippen LogP contribution is 2.08. The van der Waals surface area contributed by atoms with Gasteiger partial charge < -0.3 is 10.6 Å². The fraction of sp³-hybridized carbons (Fsp3) is 0.643. The van der Waals surface area contributed by atoms with Gasteiger partial charge in [-0.2, -0.15) is 0 Å². The van der Waals surface area contributed by atoms with Gasteiger partial charge in [0.15, 0.2) is 5.96 Å². The Morgan fingerprint density at radius 3 is 2.63 bits per heavy atom. The monoisotopic (exact) mass is 395 g/mol. The Morgan fingerprint density at radius 2 is 2.11 bits per heavy atom. The summed E-state index contributed by atoms with van der Waals surface area (Å²) in [5, 5.41) is 8.84. The van der Waals surface area contributed by atoms with Crippen molar-refractivity contribution in [3.63, 3.8) is 0 Å². The Hall–Kier alpha value is -0.300. The number of nitrogens with zero attached hydrogens (tertiary/aromatic N) is 1. The molecule has 110 valence electrons. The molecule has 0 saturated heterocycles. The van der Waals surface area contributed by atoms with Crippen LogP contribution in [0, 0.1) is 5.92 Å². The van der Waals surface area contributed by atoms with Crippen LogP contribution in [-0.2, 0) is 6.42 Å². The van der Waals surface area contributed by atoms with Crippen LogP contribution in [0.1, 0.15) is 32.6 Å². The lowest BCUT2D eigenvalue weighted by Crippen LogP contribution is -2.44. The van der Waals surface area contributed by atoms with Crippen molar-refractivity contribution in [1.29, 1.82) is 0 Å². The fourth-order valence-electron chi connectivity index (χ4n) is 1.44. The maximum atomic E-state index is 4.61. The third kappa shape index (κ3) is 7.77. The van der Waals surface area contributed by atoms with Crippen LogP contribution in [0.2, 0.25) is 0 Å². The van der Waals surface area contributed by atoms with Crippen molar-refractivity contribution >= 4 is 41.3 Å². The molecule has 0 radical (unpaired) electrons. The first-order valence-electron chi connectivity index (χ1n) is 6.70. The minimum absolute atomic E-state index is 0. The van der Waals surface area contributed by atoms with Gasteiger partial charge in [-0.05, 0) is 31.2 Å². The third-order valence-electron chi connectivity index (χ3n) is 2.92. The van der Waals surface area contributed by atoms with Gasteiger partial charge in [0.05, 0.1) is 0 Å². The first-order valence-corrected chi connectivity index (χ1v) is 7.58. The zero-order valence-electron chi connectivity index (χ0n) is 12.3. The van der Waals surface area contributed by atoms with Gasteiger partial charge >= 0.3 is 0 Å². The van der Waals surface area contributed by atoms with E-state index in [1.54, 1.807) is 11.3 Å². The number of guanidine groups is 1. The van der Waals surface area contributed by atoms with Crippen LogP contribution in [0.15, 0.2) is 22.5 Å². The predicted molar refractivity (Wildman–Crippen MR) is 96.9 cm³/mol. The molecular weight excluding hydrogens is 369 g/mol. The van der Waals surface area contributed by atoms with Crippen molar-refractivity contribution in [2.75, 3.05) is 13.1 Å². The van der Waals surface area contributed by atoms with Crippen LogP contribution in [0.4, 0.5) is 0 Å². The molecule has 0 amide bonds. The van der Waals surface area contributed by atoms with E-state index in [0.717, 1.165) is 25.5 Å². The summed E-state index contributed by atoms with van der Waals surface area (Å²) in [6, 6.07) is 4.69. The normalized spacial score (nSPS) is 13.0. The molecule has 2 N–H and O–H groups in total. The summed E-state index contributed by atoms with van der Waals surface area (Å²) in [6.07, 6.45) is 1.02. The molecule has 1 rings (SSSR count). The van der Waals surface area contributed by atoms with Gasteiger partial charge in [-0.15, -0.1) is 35.3 Å². The summed E-state index contributed by atoms with van der Waals surface area (Å²) in [4.78, 5) is 6.01. The topological polar surface area (TPSA) is 36.4 Å². The molecule has 0 aliphatic carbocycles. The zero-order chi connectivity index (χ0) is 13.4. The highest BCUT2D eigenvalue weighted by atomic mass is 127. The average Bonchev–Trinajstić information content (AvgIpc) is 2.82. The molecule has 0 saturated carbocycles. The third-order valence-corrected chi connectivity index (χ3v) is 3.85. The highest BCUT2D eigenvalue weighted by molar-refractivity contribution is 14.0. The molecular formula is C14H26IN3S. The molecule has 0 aromatic carbocycles. The molecule has 1 aromatic rings. The second-order valence-corrected chi connectivity index (χ2v) is 5.80. The molecule has 0 bridgehead atoms. The molecule has 0 spiro atoms. The summed E-state index contributed by atoms with van der Waals surface area (Å²) in [5.74, 6) is 1.53. The van der Waals surface area contributed by atoms with E-state index in [0.29, 0.717) is 12.0 Å². The SMILES string of the molecule is CCNC(=NCCc1cccs1)NC(C)C(C)C.I. The van der Waals surface area contributed by atoms with E-state index in [1.807, 2.05) is 0 Å². The van der Waals surface area contributed by atoms with E-state index in [4.69, 9.17) is 0 Å². The Balaban J connectivity index is 0.00000324. The molecule has 0 aliphatic rings. The molecule has 1 atom stereocenters. The minimum atomic E-state index is 0. The lowest BCUT2D eigenvalue weighted by Gasteiger charge is -2.20. The molecule has 5 heteroatoms. The van der Waals surface area contributed by atoms with Crippen molar-refractivity contribution in [1.82, 2.24) is 10.6 Å². The zero-order valence-corrected chi connectivity index (χ0v) is 15.4. The van der Waals surface area contributed by atoms with Crippen LogP contribution < -0.4 is 10.6 Å². The van der Waals surface area contributed by atoms with Crippen molar-refractivity contribution < 1.29 is 0 Å². The molecule has 3 nitrogen and oxygen atoms in total. The summed E-state index contributed by atoms with van der Waals surface area (Å²) in [5.41, 5.74) is 0. The molecule has 1 unspecified atom stereocenters. The second-order valence-electron chi connectivity index (χ2n) is 4.77. The number of rotatable bonds is 6. The maximum Gasteiger partial charge on any atom is 0.191 e. The van der Waals surface area contributed by atoms with E-state index in [2.05, 4.69) is 60.8 Å². The van der Waals surface area contributed by atoms with Crippen LogP contribution in [-0.4, -0.2) is 25.1 Å². The van der Waals surface area contributed by atoms with Gasteiger partial charge in [-0.25, -0.2) is 0 Å². The van der Waals surface area contributed by atoms with Crippen LogP contribution >= 0.6 is 35.3 Å². The second kappa shape index (κ2) is 10.5. The Morgan fingerprint density at radius 1 is 1.37 bits per heavy atom. The van der Waals surface area contributed by atoms with E-state index in [1.165, 1.54) is 4.88 Å². The van der Waals surface area contributed by atoms with Crippen molar-refractivity contribution in [3.05, 3.63) is 22.4 Å². The largest absolute Gasteiger partial charge is 0.357 e. The Kier molecular flexibility index (Phi) is 10.3. The van der Waals surface area contributed by atoms with Crippen molar-refractivity contribution in [2.24, 2.45) is 10.9 Å². The molecule has 0 aliphatic heterocycles. The van der Waals surface area contributed by atoms with Gasteiger partial charge in [0.25, 0.3) is 0 Å². The Bertz CT molecular complexity index is 350. The maximum absolute atomic E-state index is 4.61. The first kappa shape index (κ1) is 18.7. The van der Waals surface area contributed by atoms with Gasteiger partial charge in [0.2, 0.25) is 0 Å². The number of nitrogens with one attached hydrogen (secondary N) is 2. The van der Waals surface area contributed by atoms with Crippen LogP contribution in [0.25, 0.3) is 0 Å². The van der Waals surface area contributed by atoms with Gasteiger partial charge in [0, 0.05) is 30.4 Å². The predicted octanol–water partition coefficient (Wildman–Crippen LogP) is 3.51. The number of hydrogen-bond donors (Lipinski definition) is 2. The fourth-order valence-corrected chi connectivity index (χ4v) is 2.13. The lowest BCUT2D eigenvalue weighted by molar-refractivity contribution is 0.481. The lowest BCUT2D eigenvalue weighted by atomic mass is 10.1. The average molecular weight is 395 g/mol. The standard InChI is InChI=1S/C14H25N3S.HI/c1-5-15-14(17-12(4)11(2)3)16-9-8-13-7-6-10-18-13;/h6-7,10-12H,5,8-9H2,1-4H3,(H2,15,16,17);1H.